The van der Waals surface area contributed by atoms with Crippen LogP contribution in [0.2, 0.25) is 0 Å². The summed E-state index contributed by atoms with van der Waals surface area (Å²) >= 11 is 3.21. The van der Waals surface area contributed by atoms with Crippen molar-refractivity contribution in [3.63, 3.8) is 0 Å². The highest BCUT2D eigenvalue weighted by Crippen LogP contribution is 2.27. The van der Waals surface area contributed by atoms with Gasteiger partial charge >= 0.3 is 6.09 Å². The Morgan fingerprint density at radius 1 is 1.32 bits per heavy atom. The molecule has 0 aromatic carbocycles. The van der Waals surface area contributed by atoms with E-state index in [1.807, 2.05) is 51.3 Å². The summed E-state index contributed by atoms with van der Waals surface area (Å²) in [6.07, 6.45) is -0.506. The van der Waals surface area contributed by atoms with Gasteiger partial charge < -0.3 is 9.46 Å². The van der Waals surface area contributed by atoms with Crippen molar-refractivity contribution in [1.82, 2.24) is 4.98 Å². The minimum absolute atomic E-state index is 0.471. The molecule has 0 bridgehead atoms. The Balaban J connectivity index is 1.95. The van der Waals surface area contributed by atoms with Crippen LogP contribution in [-0.2, 0) is 4.74 Å². The van der Waals surface area contributed by atoms with Gasteiger partial charge in [0.25, 0.3) is 0 Å². The van der Waals surface area contributed by atoms with Crippen molar-refractivity contribution in [1.29, 1.82) is 0 Å². The molecule has 0 unspecified atom stereocenters. The van der Waals surface area contributed by atoms with Crippen molar-refractivity contribution in [3.05, 3.63) is 35.3 Å². The van der Waals surface area contributed by atoms with E-state index in [0.29, 0.717) is 5.82 Å². The van der Waals surface area contributed by atoms with Gasteiger partial charge in [0.2, 0.25) is 0 Å². The van der Waals surface area contributed by atoms with Gasteiger partial charge in [0.05, 0.1) is 15.6 Å². The van der Waals surface area contributed by atoms with Crippen molar-refractivity contribution in [2.75, 3.05) is 10.0 Å². The van der Waals surface area contributed by atoms with Crippen LogP contribution in [0, 0.1) is 6.92 Å². The minimum atomic E-state index is -0.530. The molecular weight excluding hydrogens is 318 g/mol. The van der Waals surface area contributed by atoms with Gasteiger partial charge in [-0.05, 0) is 63.2 Å². The Morgan fingerprint density at radius 3 is 2.68 bits per heavy atom. The second kappa shape index (κ2) is 7.02. The predicted octanol–water partition coefficient (Wildman–Crippen LogP) is 4.92. The summed E-state index contributed by atoms with van der Waals surface area (Å²) in [7, 11) is 0. The van der Waals surface area contributed by atoms with Gasteiger partial charge in [0.1, 0.15) is 11.4 Å². The lowest BCUT2D eigenvalue weighted by Crippen LogP contribution is -2.27. The third-order valence-corrected chi connectivity index (χ3v) is 4.33. The van der Waals surface area contributed by atoms with E-state index in [9.17, 15) is 4.79 Å². The Morgan fingerprint density at radius 2 is 2.09 bits per heavy atom. The van der Waals surface area contributed by atoms with Crippen LogP contribution < -0.4 is 10.0 Å². The van der Waals surface area contributed by atoms with E-state index < -0.39 is 11.7 Å². The molecule has 118 valence electrons. The van der Waals surface area contributed by atoms with Crippen LogP contribution in [-0.4, -0.2) is 16.7 Å². The number of hydrogen-bond donors (Lipinski definition) is 2. The van der Waals surface area contributed by atoms with Crippen molar-refractivity contribution < 1.29 is 9.53 Å². The molecule has 1 amide bonds. The zero-order chi connectivity index (χ0) is 16.2. The molecule has 0 fully saturated rings. The molecular formula is C15H19N3O2S2. The molecule has 0 atom stereocenters. The number of amides is 1. The van der Waals surface area contributed by atoms with E-state index in [1.165, 1.54) is 16.2 Å². The van der Waals surface area contributed by atoms with E-state index in [-0.39, 0.29) is 0 Å². The first kappa shape index (κ1) is 16.6. The van der Waals surface area contributed by atoms with E-state index in [1.54, 1.807) is 17.4 Å². The second-order valence-electron chi connectivity index (χ2n) is 5.59. The van der Waals surface area contributed by atoms with Gasteiger partial charge in [0.15, 0.2) is 0 Å². The Bertz CT molecular complexity index is 637. The van der Waals surface area contributed by atoms with Crippen LogP contribution in [0.15, 0.2) is 33.9 Å². The predicted molar refractivity (Wildman–Crippen MR) is 92.6 cm³/mol. The van der Waals surface area contributed by atoms with E-state index in [4.69, 9.17) is 4.74 Å². The fourth-order valence-corrected chi connectivity index (χ4v) is 3.08. The fraction of sp³-hybridized carbons (Fsp3) is 0.333. The SMILES string of the molecule is Cc1nc(NC(=O)OC(C)(C)C)ccc1NSc1cccs1. The van der Waals surface area contributed by atoms with E-state index >= 15 is 0 Å². The number of nitrogens with one attached hydrogen (secondary N) is 2. The van der Waals surface area contributed by atoms with Crippen LogP contribution in [0.25, 0.3) is 0 Å². The maximum atomic E-state index is 11.7. The van der Waals surface area contributed by atoms with Gasteiger partial charge in [-0.1, -0.05) is 6.07 Å². The third kappa shape index (κ3) is 5.23. The Labute approximate surface area is 138 Å². The molecule has 2 rings (SSSR count). The molecule has 2 aromatic heterocycles. The highest BCUT2D eigenvalue weighted by Gasteiger charge is 2.16. The van der Waals surface area contributed by atoms with Crippen LogP contribution in [0.5, 0.6) is 0 Å². The summed E-state index contributed by atoms with van der Waals surface area (Å²) in [5.74, 6) is 0.471. The number of pyridine rings is 1. The molecule has 22 heavy (non-hydrogen) atoms. The zero-order valence-corrected chi connectivity index (χ0v) is 14.6. The fourth-order valence-electron chi connectivity index (χ4n) is 1.57. The van der Waals surface area contributed by atoms with Crippen LogP contribution in [0.4, 0.5) is 16.3 Å². The number of carbonyl (C=O) groups excluding carboxylic acids is 1. The van der Waals surface area contributed by atoms with Crippen molar-refractivity contribution in [3.8, 4) is 0 Å². The summed E-state index contributed by atoms with van der Waals surface area (Å²) in [6.45, 7) is 7.35. The third-order valence-electron chi connectivity index (χ3n) is 2.47. The molecule has 0 saturated heterocycles. The number of anilines is 2. The molecule has 0 aliphatic heterocycles. The molecule has 2 aromatic rings. The lowest BCUT2D eigenvalue weighted by molar-refractivity contribution is 0.0635. The number of hydrogen-bond acceptors (Lipinski definition) is 6. The minimum Gasteiger partial charge on any atom is -0.444 e. The maximum Gasteiger partial charge on any atom is 0.413 e. The summed E-state index contributed by atoms with van der Waals surface area (Å²) < 4.78 is 9.63. The highest BCUT2D eigenvalue weighted by atomic mass is 32.2. The number of carbonyl (C=O) groups is 1. The topological polar surface area (TPSA) is 63.2 Å². The molecule has 0 saturated carbocycles. The van der Waals surface area contributed by atoms with Crippen LogP contribution >= 0.6 is 23.3 Å². The number of nitrogens with zero attached hydrogens (tertiary/aromatic N) is 1. The normalized spacial score (nSPS) is 11.1. The average Bonchev–Trinajstić information content (AvgIpc) is 2.88. The number of aromatic nitrogens is 1. The van der Waals surface area contributed by atoms with Gasteiger partial charge in [-0.3, -0.25) is 5.32 Å². The van der Waals surface area contributed by atoms with Gasteiger partial charge in [-0.25, -0.2) is 9.78 Å². The first-order valence-corrected chi connectivity index (χ1v) is 8.47. The molecule has 5 nitrogen and oxygen atoms in total. The van der Waals surface area contributed by atoms with Crippen LogP contribution in [0.3, 0.4) is 0 Å². The van der Waals surface area contributed by atoms with Crippen molar-refractivity contribution in [2.45, 2.75) is 37.5 Å². The quantitative estimate of drug-likeness (QED) is 0.776. The number of ether oxygens (including phenoxy) is 1. The zero-order valence-electron chi connectivity index (χ0n) is 13.0. The Hall–Kier alpha value is -1.73. The average molecular weight is 337 g/mol. The van der Waals surface area contributed by atoms with Gasteiger partial charge in [-0.2, -0.15) is 0 Å². The smallest absolute Gasteiger partial charge is 0.413 e. The van der Waals surface area contributed by atoms with Crippen molar-refractivity contribution >= 4 is 40.9 Å². The molecule has 0 radical (unpaired) electrons. The second-order valence-corrected chi connectivity index (χ2v) is 7.65. The molecule has 7 heteroatoms. The number of thiophene rings is 1. The maximum absolute atomic E-state index is 11.7. The van der Waals surface area contributed by atoms with Crippen LogP contribution in [0.1, 0.15) is 26.5 Å². The van der Waals surface area contributed by atoms with E-state index in [0.717, 1.165) is 11.4 Å². The molecule has 0 aliphatic carbocycles. The van der Waals surface area contributed by atoms with E-state index in [2.05, 4.69) is 15.0 Å². The largest absolute Gasteiger partial charge is 0.444 e. The first-order chi connectivity index (χ1) is 10.3. The van der Waals surface area contributed by atoms with Crippen molar-refractivity contribution in [2.24, 2.45) is 0 Å². The van der Waals surface area contributed by atoms with Gasteiger partial charge in [0, 0.05) is 0 Å². The van der Waals surface area contributed by atoms with Gasteiger partial charge in [-0.15, -0.1) is 11.3 Å². The summed E-state index contributed by atoms with van der Waals surface area (Å²) in [6, 6.07) is 7.68. The molecule has 2 heterocycles. The Kier molecular flexibility index (Phi) is 5.31. The summed E-state index contributed by atoms with van der Waals surface area (Å²) in [4.78, 5) is 16.1. The lowest BCUT2D eigenvalue weighted by atomic mass is 10.2. The first-order valence-electron chi connectivity index (χ1n) is 6.77. The lowest BCUT2D eigenvalue weighted by Gasteiger charge is -2.19. The monoisotopic (exact) mass is 337 g/mol. The summed E-state index contributed by atoms with van der Waals surface area (Å²) in [5, 5.41) is 4.66. The standard InChI is InChI=1S/C15H19N3O2S2/c1-10-11(18-22-13-6-5-9-21-13)7-8-12(16-10)17-14(19)20-15(2,3)4/h5-9,18H,1-4H3,(H,16,17,19). The number of aryl methyl sites for hydroxylation is 1. The summed E-state index contributed by atoms with van der Waals surface area (Å²) in [5.41, 5.74) is 1.18. The molecule has 2 N–H and O–H groups in total. The highest BCUT2D eigenvalue weighted by molar-refractivity contribution is 8.02. The molecule has 0 aliphatic rings. The molecule has 0 spiro atoms. The number of rotatable bonds is 4.